The van der Waals surface area contributed by atoms with E-state index in [1.54, 1.807) is 0 Å². The Morgan fingerprint density at radius 2 is 1.30 bits per heavy atom. The first-order valence-electron chi connectivity index (χ1n) is 18.4. The van der Waals surface area contributed by atoms with Crippen LogP contribution in [0.5, 0.6) is 0 Å². The second-order valence-corrected chi connectivity index (χ2v) is 15.4. The molecule has 0 aromatic heterocycles. The van der Waals surface area contributed by atoms with E-state index < -0.39 is 0 Å². The molecule has 0 aliphatic heterocycles. The second-order valence-electron chi connectivity index (χ2n) is 15.4. The van der Waals surface area contributed by atoms with E-state index in [1.807, 2.05) is 0 Å². The lowest BCUT2D eigenvalue weighted by atomic mass is 9.66. The van der Waals surface area contributed by atoms with Gasteiger partial charge in [0, 0.05) is 10.8 Å². The Balaban J connectivity index is 1.39. The smallest absolute Gasteiger partial charge is 0.0206 e. The quantitative estimate of drug-likeness (QED) is 0.180. The monoisotopic (exact) mass is 644 g/mol. The zero-order chi connectivity index (χ0) is 34.2. The van der Waals surface area contributed by atoms with Gasteiger partial charge < -0.3 is 0 Å². The van der Waals surface area contributed by atoms with Crippen molar-refractivity contribution in [3.63, 3.8) is 0 Å². The molecule has 0 heteroatoms. The highest BCUT2D eigenvalue weighted by Gasteiger charge is 2.39. The lowest BCUT2D eigenvalue weighted by Crippen LogP contribution is -2.29. The molecule has 0 saturated carbocycles. The molecule has 7 aromatic carbocycles. The van der Waals surface area contributed by atoms with Crippen molar-refractivity contribution in [3.8, 4) is 44.5 Å². The second kappa shape index (κ2) is 11.4. The van der Waals surface area contributed by atoms with Gasteiger partial charge in [-0.25, -0.2) is 0 Å². The van der Waals surface area contributed by atoms with Crippen molar-refractivity contribution >= 4 is 10.8 Å². The molecule has 10 rings (SSSR count). The minimum Gasteiger partial charge on any atom is -0.0642 e. The average molecular weight is 645 g/mol. The molecule has 4 bridgehead atoms. The van der Waals surface area contributed by atoms with Gasteiger partial charge in [-0.05, 0) is 140 Å². The number of hydrogen-bond acceptors (Lipinski definition) is 0. The first-order chi connectivity index (χ1) is 24.3. The topological polar surface area (TPSA) is 0 Å². The fourth-order valence-electron chi connectivity index (χ4n) is 9.55. The largest absolute Gasteiger partial charge is 0.0642 e. The van der Waals surface area contributed by atoms with Crippen LogP contribution >= 0.6 is 0 Å². The molecule has 0 spiro atoms. The molecule has 1 atom stereocenters. The van der Waals surface area contributed by atoms with Crippen LogP contribution in [0.25, 0.3) is 55.3 Å². The third-order valence-electron chi connectivity index (χ3n) is 12.2. The summed E-state index contributed by atoms with van der Waals surface area (Å²) in [4.78, 5) is 0. The predicted molar refractivity (Wildman–Crippen MR) is 213 cm³/mol. The molecule has 0 radical (unpaired) electrons. The molecule has 0 nitrogen and oxygen atoms in total. The number of rotatable bonds is 3. The maximum atomic E-state index is 2.55. The summed E-state index contributed by atoms with van der Waals surface area (Å²) < 4.78 is 0. The Kier molecular flexibility index (Phi) is 7.04. The lowest BCUT2D eigenvalue weighted by Gasteiger charge is -2.37. The standard InChI is InChI=1S/C50H44/c1-6-50(45-23-19-32(2)27-33(45)3)26-25-34-13-12-17-37(28-34)42-30-44-47(49(4,5)46-24-20-36-16-10-11-18-39(36)48(44)46)31-43(42)40-22-21-38(50)29-41(40)35-14-8-7-9-15-35/h7-24,27-31H,6,25-26H2,1-5H3. The van der Waals surface area contributed by atoms with E-state index in [4.69, 9.17) is 0 Å². The normalized spacial score (nSPS) is 17.1. The number of benzene rings is 7. The number of fused-ring (bicyclic) bond motifs is 9. The van der Waals surface area contributed by atoms with Gasteiger partial charge in [-0.2, -0.15) is 0 Å². The highest BCUT2D eigenvalue weighted by Crippen LogP contribution is 2.55. The maximum absolute atomic E-state index is 2.55. The Labute approximate surface area is 297 Å². The van der Waals surface area contributed by atoms with Gasteiger partial charge in [0.1, 0.15) is 0 Å². The summed E-state index contributed by atoms with van der Waals surface area (Å²) >= 11 is 0. The summed E-state index contributed by atoms with van der Waals surface area (Å²) in [6.07, 6.45) is 3.10. The van der Waals surface area contributed by atoms with Gasteiger partial charge in [-0.15, -0.1) is 0 Å². The van der Waals surface area contributed by atoms with E-state index in [2.05, 4.69) is 174 Å². The van der Waals surface area contributed by atoms with Gasteiger partial charge in [0.2, 0.25) is 0 Å². The summed E-state index contributed by atoms with van der Waals surface area (Å²) in [5.41, 5.74) is 20.1. The van der Waals surface area contributed by atoms with Gasteiger partial charge in [0.05, 0.1) is 0 Å². The fraction of sp³-hybridized carbons (Fsp3) is 0.200. The van der Waals surface area contributed by atoms with Crippen molar-refractivity contribution < 1.29 is 0 Å². The molecular weight excluding hydrogens is 601 g/mol. The molecule has 3 aliphatic carbocycles. The average Bonchev–Trinajstić information content (AvgIpc) is 3.37. The van der Waals surface area contributed by atoms with Gasteiger partial charge in [-0.3, -0.25) is 0 Å². The Morgan fingerprint density at radius 3 is 2.12 bits per heavy atom. The van der Waals surface area contributed by atoms with Gasteiger partial charge in [-0.1, -0.05) is 148 Å². The van der Waals surface area contributed by atoms with Crippen LogP contribution in [0, 0.1) is 13.8 Å². The van der Waals surface area contributed by atoms with E-state index in [1.165, 1.54) is 94.2 Å². The van der Waals surface area contributed by atoms with Crippen molar-refractivity contribution in [1.29, 1.82) is 0 Å². The zero-order valence-corrected chi connectivity index (χ0v) is 29.9. The molecule has 1 unspecified atom stereocenters. The van der Waals surface area contributed by atoms with E-state index in [0.717, 1.165) is 19.3 Å². The van der Waals surface area contributed by atoms with Crippen LogP contribution < -0.4 is 0 Å². The van der Waals surface area contributed by atoms with Crippen molar-refractivity contribution in [2.45, 2.75) is 64.7 Å². The minimum absolute atomic E-state index is 0.111. The molecule has 0 heterocycles. The highest BCUT2D eigenvalue weighted by atomic mass is 14.4. The third kappa shape index (κ3) is 4.58. The first-order valence-corrected chi connectivity index (χ1v) is 18.4. The van der Waals surface area contributed by atoms with Crippen LogP contribution in [-0.4, -0.2) is 0 Å². The molecule has 0 N–H and O–H groups in total. The molecule has 244 valence electrons. The Bertz CT molecular complexity index is 2460. The van der Waals surface area contributed by atoms with Crippen LogP contribution in [0.4, 0.5) is 0 Å². The lowest BCUT2D eigenvalue weighted by molar-refractivity contribution is 0.454. The van der Waals surface area contributed by atoms with Crippen molar-refractivity contribution in [3.05, 3.63) is 178 Å². The molecule has 7 aromatic rings. The summed E-state index contributed by atoms with van der Waals surface area (Å²) in [5.74, 6) is 0. The Hall–Kier alpha value is -5.20. The molecule has 3 aliphatic rings. The first kappa shape index (κ1) is 30.8. The molecule has 0 saturated heterocycles. The van der Waals surface area contributed by atoms with E-state index in [9.17, 15) is 0 Å². The minimum atomic E-state index is -0.123. The summed E-state index contributed by atoms with van der Waals surface area (Å²) in [6.45, 7) is 11.7. The van der Waals surface area contributed by atoms with Crippen LogP contribution in [0.15, 0.2) is 140 Å². The highest BCUT2D eigenvalue weighted by molar-refractivity contribution is 6.05. The fourth-order valence-corrected chi connectivity index (χ4v) is 9.55. The SMILES string of the molecule is CCC1(c2ccc(C)cc2C)CCc2cccc(c2)-c2cc3c(cc2-c2ccc1cc2-c1ccccc1)C(C)(C)c1ccc2ccccc2c1-3. The summed E-state index contributed by atoms with van der Waals surface area (Å²) in [7, 11) is 0. The van der Waals surface area contributed by atoms with Crippen LogP contribution in [0.2, 0.25) is 0 Å². The van der Waals surface area contributed by atoms with E-state index in [-0.39, 0.29) is 10.8 Å². The number of hydrogen-bond donors (Lipinski definition) is 0. The summed E-state index contributed by atoms with van der Waals surface area (Å²) in [6, 6.07) is 53.7. The molecule has 50 heavy (non-hydrogen) atoms. The molecule has 0 amide bonds. The van der Waals surface area contributed by atoms with Crippen molar-refractivity contribution in [2.75, 3.05) is 0 Å². The third-order valence-corrected chi connectivity index (χ3v) is 12.2. The van der Waals surface area contributed by atoms with Gasteiger partial charge >= 0.3 is 0 Å². The van der Waals surface area contributed by atoms with Gasteiger partial charge in [0.25, 0.3) is 0 Å². The van der Waals surface area contributed by atoms with E-state index in [0.29, 0.717) is 0 Å². The Morgan fingerprint density at radius 1 is 0.540 bits per heavy atom. The van der Waals surface area contributed by atoms with Gasteiger partial charge in [0.15, 0.2) is 0 Å². The maximum Gasteiger partial charge on any atom is 0.0206 e. The number of aryl methyl sites for hydroxylation is 3. The zero-order valence-electron chi connectivity index (χ0n) is 29.9. The predicted octanol–water partition coefficient (Wildman–Crippen LogP) is 13.4. The summed E-state index contributed by atoms with van der Waals surface area (Å²) in [5, 5.41) is 2.64. The van der Waals surface area contributed by atoms with Crippen LogP contribution in [0.3, 0.4) is 0 Å². The van der Waals surface area contributed by atoms with Crippen molar-refractivity contribution in [1.82, 2.24) is 0 Å². The molecule has 0 fully saturated rings. The van der Waals surface area contributed by atoms with Crippen LogP contribution in [-0.2, 0) is 17.3 Å². The van der Waals surface area contributed by atoms with E-state index >= 15 is 0 Å². The van der Waals surface area contributed by atoms with Crippen LogP contribution in [0.1, 0.15) is 72.6 Å². The molecular formula is C50H44. The van der Waals surface area contributed by atoms with Crippen molar-refractivity contribution in [2.24, 2.45) is 0 Å².